The Morgan fingerprint density at radius 3 is 2.78 bits per heavy atom. The van der Waals surface area contributed by atoms with Crippen LogP contribution in [0.3, 0.4) is 0 Å². The average Bonchev–Trinajstić information content (AvgIpc) is 2.67. The summed E-state index contributed by atoms with van der Waals surface area (Å²) in [5, 5.41) is 3.33. The van der Waals surface area contributed by atoms with Gasteiger partial charge >= 0.3 is 0 Å². The first-order chi connectivity index (χ1) is 8.41. The number of hydrogen-bond acceptors (Lipinski definition) is 3. The van der Waals surface area contributed by atoms with Crippen LogP contribution in [0.5, 0.6) is 0 Å². The topological polar surface area (TPSA) is 41.6 Å². The minimum Gasteiger partial charge on any atom is -0.385 e. The molecule has 0 aromatic heterocycles. The summed E-state index contributed by atoms with van der Waals surface area (Å²) in [5.41, 5.74) is 0.109. The van der Waals surface area contributed by atoms with Crippen molar-refractivity contribution >= 4 is 5.91 Å². The highest BCUT2D eigenvalue weighted by molar-refractivity contribution is 5.84. The number of methoxy groups -OCH3 is 1. The van der Waals surface area contributed by atoms with Crippen molar-refractivity contribution in [1.82, 2.24) is 10.2 Å². The Hall–Kier alpha value is -0.610. The van der Waals surface area contributed by atoms with Crippen molar-refractivity contribution in [1.29, 1.82) is 0 Å². The lowest BCUT2D eigenvalue weighted by Gasteiger charge is -2.30. The normalized spacial score (nSPS) is 22.6. The molecule has 1 N–H and O–H groups in total. The molecule has 1 fully saturated rings. The van der Waals surface area contributed by atoms with Crippen LogP contribution in [0.1, 0.15) is 40.5 Å². The van der Waals surface area contributed by atoms with E-state index < -0.39 is 0 Å². The molecule has 0 saturated carbocycles. The van der Waals surface area contributed by atoms with Crippen LogP contribution in [0.2, 0.25) is 0 Å². The standard InChI is InChI=1S/C14H28N2O2/c1-6-11(2)12-13(17)16(10-15-12)9-14(3,4)7-8-18-5/h11-12,15H,6-10H2,1-5H3. The molecule has 1 rings (SSSR count). The Morgan fingerprint density at radius 2 is 2.22 bits per heavy atom. The molecule has 0 aliphatic carbocycles. The molecular formula is C14H28N2O2. The molecule has 2 atom stereocenters. The van der Waals surface area contributed by atoms with Crippen molar-refractivity contribution < 1.29 is 9.53 Å². The van der Waals surface area contributed by atoms with Crippen LogP contribution in [0.15, 0.2) is 0 Å². The van der Waals surface area contributed by atoms with E-state index in [1.54, 1.807) is 7.11 Å². The van der Waals surface area contributed by atoms with E-state index in [1.165, 1.54) is 0 Å². The fourth-order valence-corrected chi connectivity index (χ4v) is 2.36. The van der Waals surface area contributed by atoms with Gasteiger partial charge in [0.15, 0.2) is 0 Å². The largest absolute Gasteiger partial charge is 0.385 e. The Morgan fingerprint density at radius 1 is 1.56 bits per heavy atom. The van der Waals surface area contributed by atoms with E-state index >= 15 is 0 Å². The third-order valence-electron chi connectivity index (χ3n) is 3.89. The molecule has 18 heavy (non-hydrogen) atoms. The van der Waals surface area contributed by atoms with Crippen molar-refractivity contribution in [3.63, 3.8) is 0 Å². The number of rotatable bonds is 7. The summed E-state index contributed by atoms with van der Waals surface area (Å²) in [6.45, 7) is 10.9. The van der Waals surface area contributed by atoms with Crippen LogP contribution in [-0.4, -0.2) is 43.8 Å². The molecule has 4 nitrogen and oxygen atoms in total. The van der Waals surface area contributed by atoms with E-state index in [2.05, 4.69) is 33.0 Å². The maximum atomic E-state index is 12.3. The fourth-order valence-electron chi connectivity index (χ4n) is 2.36. The lowest BCUT2D eigenvalue weighted by atomic mass is 9.89. The molecule has 0 bridgehead atoms. The van der Waals surface area contributed by atoms with E-state index in [4.69, 9.17) is 4.74 Å². The molecular weight excluding hydrogens is 228 g/mol. The second-order valence-electron chi connectivity index (χ2n) is 6.17. The summed E-state index contributed by atoms with van der Waals surface area (Å²) in [7, 11) is 1.72. The highest BCUT2D eigenvalue weighted by Crippen LogP contribution is 2.24. The first-order valence-electron chi connectivity index (χ1n) is 6.92. The van der Waals surface area contributed by atoms with Gasteiger partial charge in [-0.1, -0.05) is 34.1 Å². The van der Waals surface area contributed by atoms with Crippen LogP contribution in [0.4, 0.5) is 0 Å². The summed E-state index contributed by atoms with van der Waals surface area (Å²) in [6.07, 6.45) is 2.01. The second kappa shape index (κ2) is 6.53. The van der Waals surface area contributed by atoms with Crippen molar-refractivity contribution in [2.75, 3.05) is 26.9 Å². The summed E-state index contributed by atoms with van der Waals surface area (Å²) in [6, 6.07) is 0.00762. The zero-order chi connectivity index (χ0) is 13.8. The molecule has 0 aromatic carbocycles. The summed E-state index contributed by atoms with van der Waals surface area (Å²) in [5.74, 6) is 0.666. The lowest BCUT2D eigenvalue weighted by Crippen LogP contribution is -2.39. The van der Waals surface area contributed by atoms with E-state index in [0.717, 1.165) is 26.0 Å². The zero-order valence-corrected chi connectivity index (χ0v) is 12.5. The molecule has 1 heterocycles. The van der Waals surface area contributed by atoms with E-state index in [1.807, 2.05) is 4.90 Å². The fraction of sp³-hybridized carbons (Fsp3) is 0.929. The molecule has 0 spiro atoms. The Kier molecular flexibility index (Phi) is 5.60. The van der Waals surface area contributed by atoms with Crippen molar-refractivity contribution in [3.05, 3.63) is 0 Å². The molecule has 106 valence electrons. The van der Waals surface area contributed by atoms with Gasteiger partial charge in [-0.15, -0.1) is 0 Å². The number of nitrogens with one attached hydrogen (secondary N) is 1. The van der Waals surface area contributed by atoms with Gasteiger partial charge in [-0.05, 0) is 17.8 Å². The number of nitrogens with zero attached hydrogens (tertiary/aromatic N) is 1. The van der Waals surface area contributed by atoms with Crippen LogP contribution in [0.25, 0.3) is 0 Å². The predicted molar refractivity (Wildman–Crippen MR) is 73.2 cm³/mol. The number of carbonyl (C=O) groups is 1. The third kappa shape index (κ3) is 3.95. The number of amides is 1. The number of hydrogen-bond donors (Lipinski definition) is 1. The van der Waals surface area contributed by atoms with Gasteiger partial charge in [-0.25, -0.2) is 0 Å². The van der Waals surface area contributed by atoms with Crippen LogP contribution >= 0.6 is 0 Å². The smallest absolute Gasteiger partial charge is 0.241 e. The van der Waals surface area contributed by atoms with Crippen molar-refractivity contribution in [3.8, 4) is 0 Å². The van der Waals surface area contributed by atoms with Crippen LogP contribution in [0, 0.1) is 11.3 Å². The third-order valence-corrected chi connectivity index (χ3v) is 3.89. The van der Waals surface area contributed by atoms with Gasteiger partial charge in [0.05, 0.1) is 12.7 Å². The maximum absolute atomic E-state index is 12.3. The minimum atomic E-state index is 0.00762. The van der Waals surface area contributed by atoms with Gasteiger partial charge in [0.2, 0.25) is 5.91 Å². The summed E-state index contributed by atoms with van der Waals surface area (Å²) >= 11 is 0. The van der Waals surface area contributed by atoms with E-state index in [9.17, 15) is 4.79 Å². The van der Waals surface area contributed by atoms with Gasteiger partial charge in [0.25, 0.3) is 0 Å². The molecule has 0 aromatic rings. The van der Waals surface area contributed by atoms with Gasteiger partial charge in [-0.2, -0.15) is 0 Å². The summed E-state index contributed by atoms with van der Waals surface area (Å²) in [4.78, 5) is 14.2. The minimum absolute atomic E-state index is 0.00762. The van der Waals surface area contributed by atoms with Crippen LogP contribution in [-0.2, 0) is 9.53 Å². The second-order valence-corrected chi connectivity index (χ2v) is 6.17. The Labute approximate surface area is 111 Å². The molecule has 1 aliphatic rings. The highest BCUT2D eigenvalue weighted by atomic mass is 16.5. The van der Waals surface area contributed by atoms with Gasteiger partial charge < -0.3 is 9.64 Å². The molecule has 0 radical (unpaired) electrons. The Balaban J connectivity index is 2.52. The van der Waals surface area contributed by atoms with Crippen LogP contribution < -0.4 is 5.32 Å². The average molecular weight is 256 g/mol. The highest BCUT2D eigenvalue weighted by Gasteiger charge is 2.36. The van der Waals surface area contributed by atoms with E-state index in [-0.39, 0.29) is 17.4 Å². The van der Waals surface area contributed by atoms with Gasteiger partial charge in [-0.3, -0.25) is 10.1 Å². The quantitative estimate of drug-likeness (QED) is 0.756. The Bertz CT molecular complexity index is 279. The molecule has 4 heteroatoms. The molecule has 1 amide bonds. The number of carbonyl (C=O) groups excluding carboxylic acids is 1. The lowest BCUT2D eigenvalue weighted by molar-refractivity contribution is -0.131. The molecule has 1 saturated heterocycles. The SMILES string of the molecule is CCC(C)C1NCN(CC(C)(C)CCOC)C1=O. The van der Waals surface area contributed by atoms with Gasteiger partial charge in [0, 0.05) is 20.3 Å². The monoisotopic (exact) mass is 256 g/mol. The number of ether oxygens (including phenoxy) is 1. The van der Waals surface area contributed by atoms with E-state index in [0.29, 0.717) is 12.6 Å². The summed E-state index contributed by atoms with van der Waals surface area (Å²) < 4.78 is 5.13. The van der Waals surface area contributed by atoms with Crippen molar-refractivity contribution in [2.24, 2.45) is 11.3 Å². The molecule has 2 unspecified atom stereocenters. The zero-order valence-electron chi connectivity index (χ0n) is 12.5. The van der Waals surface area contributed by atoms with Gasteiger partial charge in [0.1, 0.15) is 0 Å². The first kappa shape index (κ1) is 15.4. The maximum Gasteiger partial charge on any atom is 0.241 e. The van der Waals surface area contributed by atoms with Crippen molar-refractivity contribution in [2.45, 2.75) is 46.6 Å². The molecule has 1 aliphatic heterocycles. The first-order valence-corrected chi connectivity index (χ1v) is 6.92. The predicted octanol–water partition coefficient (Wildman–Crippen LogP) is 1.85.